The third-order valence-electron chi connectivity index (χ3n) is 2.95. The first-order chi connectivity index (χ1) is 9.01. The van der Waals surface area contributed by atoms with E-state index in [4.69, 9.17) is 5.73 Å². The van der Waals surface area contributed by atoms with Crippen LogP contribution in [0.5, 0.6) is 0 Å². The number of nitrogen functional groups attached to an aromatic ring is 1. The number of carbonyl (C=O) groups is 1. The highest BCUT2D eigenvalue weighted by atomic mass is 32.1. The molecule has 1 amide bonds. The van der Waals surface area contributed by atoms with Crippen molar-refractivity contribution < 1.29 is 4.79 Å². The van der Waals surface area contributed by atoms with Crippen molar-refractivity contribution in [3.8, 4) is 0 Å². The van der Waals surface area contributed by atoms with Crippen LogP contribution in [0.3, 0.4) is 0 Å². The maximum atomic E-state index is 12.5. The van der Waals surface area contributed by atoms with E-state index in [-0.39, 0.29) is 11.9 Å². The van der Waals surface area contributed by atoms with Gasteiger partial charge in [0.1, 0.15) is 10.7 Å². The molecule has 0 unspecified atom stereocenters. The summed E-state index contributed by atoms with van der Waals surface area (Å²) in [6.45, 7) is 6.98. The zero-order chi connectivity index (χ0) is 14.4. The van der Waals surface area contributed by atoms with Crippen molar-refractivity contribution in [2.45, 2.75) is 46.1 Å². The summed E-state index contributed by atoms with van der Waals surface area (Å²) in [7, 11) is 1.77. The van der Waals surface area contributed by atoms with E-state index >= 15 is 0 Å². The van der Waals surface area contributed by atoms with E-state index in [1.165, 1.54) is 11.3 Å². The molecule has 0 aliphatic heterocycles. The van der Waals surface area contributed by atoms with Crippen LogP contribution in [0.2, 0.25) is 0 Å². The zero-order valence-electron chi connectivity index (χ0n) is 12.2. The van der Waals surface area contributed by atoms with Gasteiger partial charge in [0.15, 0.2) is 5.13 Å². The number of rotatable bonds is 7. The number of aromatic nitrogens is 1. The fourth-order valence-electron chi connectivity index (χ4n) is 1.85. The molecule has 0 aliphatic rings. The molecule has 5 nitrogen and oxygen atoms in total. The smallest absolute Gasteiger partial charge is 0.268 e. The molecule has 3 N–H and O–H groups in total. The summed E-state index contributed by atoms with van der Waals surface area (Å²) in [6.07, 6.45) is 3.31. The molecule has 19 heavy (non-hydrogen) atoms. The molecule has 0 aromatic carbocycles. The van der Waals surface area contributed by atoms with Gasteiger partial charge in [-0.15, -0.1) is 0 Å². The van der Waals surface area contributed by atoms with Gasteiger partial charge in [0.2, 0.25) is 0 Å². The number of carbonyl (C=O) groups excluding carboxylic acids is 1. The Labute approximate surface area is 119 Å². The van der Waals surface area contributed by atoms with Crippen LogP contribution >= 0.6 is 11.3 Å². The molecule has 0 saturated heterocycles. The van der Waals surface area contributed by atoms with Gasteiger partial charge in [0.05, 0.1) is 0 Å². The lowest BCUT2D eigenvalue weighted by molar-refractivity contribution is 0.0708. The van der Waals surface area contributed by atoms with E-state index in [1.807, 2.05) is 18.7 Å². The van der Waals surface area contributed by atoms with Crippen molar-refractivity contribution in [1.82, 2.24) is 9.88 Å². The molecule has 0 radical (unpaired) electrons. The van der Waals surface area contributed by atoms with Crippen molar-refractivity contribution in [2.75, 3.05) is 24.6 Å². The van der Waals surface area contributed by atoms with Crippen LogP contribution in [0.15, 0.2) is 0 Å². The molecule has 1 heterocycles. The number of unbranched alkanes of at least 4 members (excludes halogenated alkanes) is 2. The first-order valence-electron chi connectivity index (χ1n) is 6.76. The molecule has 0 fully saturated rings. The van der Waals surface area contributed by atoms with Crippen LogP contribution in [0, 0.1) is 0 Å². The molecule has 1 aromatic heterocycles. The van der Waals surface area contributed by atoms with Crippen molar-refractivity contribution in [2.24, 2.45) is 0 Å². The first kappa shape index (κ1) is 15.8. The molecule has 0 saturated carbocycles. The number of amides is 1. The number of hydrogen-bond acceptors (Lipinski definition) is 5. The molecular formula is C13H24N4OS. The maximum Gasteiger partial charge on any atom is 0.268 e. The van der Waals surface area contributed by atoms with Crippen LogP contribution < -0.4 is 11.1 Å². The molecule has 1 rings (SSSR count). The van der Waals surface area contributed by atoms with Gasteiger partial charge in [-0.3, -0.25) is 4.79 Å². The van der Waals surface area contributed by atoms with Gasteiger partial charge in [-0.2, -0.15) is 0 Å². The van der Waals surface area contributed by atoms with Gasteiger partial charge in [0, 0.05) is 19.6 Å². The largest absolute Gasteiger partial charge is 0.382 e. The van der Waals surface area contributed by atoms with E-state index in [1.54, 1.807) is 7.05 Å². The lowest BCUT2D eigenvalue weighted by Crippen LogP contribution is -2.37. The van der Waals surface area contributed by atoms with Gasteiger partial charge in [-0.05, 0) is 20.3 Å². The predicted octanol–water partition coefficient (Wildman–Crippen LogP) is 2.81. The molecule has 6 heteroatoms. The van der Waals surface area contributed by atoms with Crippen LogP contribution in [0.1, 0.15) is 49.7 Å². The van der Waals surface area contributed by atoms with E-state index in [0.29, 0.717) is 15.8 Å². The first-order valence-corrected chi connectivity index (χ1v) is 7.57. The second-order valence-corrected chi connectivity index (χ2v) is 5.78. The Kier molecular flexibility index (Phi) is 6.08. The molecule has 108 valence electrons. The minimum absolute atomic E-state index is 0.0115. The Morgan fingerprint density at radius 1 is 1.47 bits per heavy atom. The van der Waals surface area contributed by atoms with Gasteiger partial charge < -0.3 is 16.0 Å². The Bertz CT molecular complexity index is 417. The summed E-state index contributed by atoms with van der Waals surface area (Å²) in [5.41, 5.74) is 5.82. The number of anilines is 2. The van der Waals surface area contributed by atoms with Crippen molar-refractivity contribution in [3.63, 3.8) is 0 Å². The fourth-order valence-corrected chi connectivity index (χ4v) is 2.64. The van der Waals surface area contributed by atoms with Crippen molar-refractivity contribution >= 4 is 28.2 Å². The van der Waals surface area contributed by atoms with E-state index in [9.17, 15) is 4.79 Å². The summed E-state index contributed by atoms with van der Waals surface area (Å²) in [5, 5.41) is 3.60. The van der Waals surface area contributed by atoms with E-state index in [2.05, 4.69) is 17.2 Å². The van der Waals surface area contributed by atoms with Crippen LogP contribution in [0.25, 0.3) is 0 Å². The standard InChI is InChI=1S/C13H24N4OS/c1-5-6-7-8-17(9(2)3)12(18)10-11(14)16-13(15-4)19-10/h9H,5-8,14H2,1-4H3,(H,15,16). The summed E-state index contributed by atoms with van der Waals surface area (Å²) < 4.78 is 0. The topological polar surface area (TPSA) is 71.2 Å². The number of thiazole rings is 1. The Morgan fingerprint density at radius 3 is 2.63 bits per heavy atom. The average Bonchev–Trinajstić information content (AvgIpc) is 2.75. The van der Waals surface area contributed by atoms with E-state index in [0.717, 1.165) is 25.8 Å². The maximum absolute atomic E-state index is 12.5. The van der Waals surface area contributed by atoms with Gasteiger partial charge in [-0.25, -0.2) is 4.98 Å². The van der Waals surface area contributed by atoms with Crippen LogP contribution in [0.4, 0.5) is 10.9 Å². The predicted molar refractivity (Wildman–Crippen MR) is 81.8 cm³/mol. The zero-order valence-corrected chi connectivity index (χ0v) is 13.0. The highest BCUT2D eigenvalue weighted by Crippen LogP contribution is 2.26. The van der Waals surface area contributed by atoms with E-state index < -0.39 is 0 Å². The second kappa shape index (κ2) is 7.33. The monoisotopic (exact) mass is 284 g/mol. The molecule has 0 bridgehead atoms. The quantitative estimate of drug-likeness (QED) is 0.755. The second-order valence-electron chi connectivity index (χ2n) is 4.78. The lowest BCUT2D eigenvalue weighted by Gasteiger charge is -2.26. The third kappa shape index (κ3) is 4.09. The normalized spacial score (nSPS) is 10.8. The molecular weight excluding hydrogens is 260 g/mol. The Morgan fingerprint density at radius 2 is 2.16 bits per heavy atom. The van der Waals surface area contributed by atoms with Gasteiger partial charge in [-0.1, -0.05) is 31.1 Å². The fraction of sp³-hybridized carbons (Fsp3) is 0.692. The number of hydrogen-bond donors (Lipinski definition) is 2. The summed E-state index contributed by atoms with van der Waals surface area (Å²) >= 11 is 1.31. The average molecular weight is 284 g/mol. The molecule has 1 aromatic rings. The third-order valence-corrected chi connectivity index (χ3v) is 4.02. The summed E-state index contributed by atoms with van der Waals surface area (Å²) in [5.74, 6) is 0.308. The highest BCUT2D eigenvalue weighted by Gasteiger charge is 2.23. The lowest BCUT2D eigenvalue weighted by atomic mass is 10.2. The number of nitrogens with one attached hydrogen (secondary N) is 1. The van der Waals surface area contributed by atoms with Gasteiger partial charge >= 0.3 is 0 Å². The number of nitrogens with two attached hydrogens (primary N) is 1. The van der Waals surface area contributed by atoms with Crippen LogP contribution in [-0.4, -0.2) is 35.4 Å². The molecule has 0 atom stereocenters. The van der Waals surface area contributed by atoms with Gasteiger partial charge in [0.25, 0.3) is 5.91 Å². The highest BCUT2D eigenvalue weighted by molar-refractivity contribution is 7.18. The minimum Gasteiger partial charge on any atom is -0.382 e. The van der Waals surface area contributed by atoms with Crippen molar-refractivity contribution in [3.05, 3.63) is 4.88 Å². The summed E-state index contributed by atoms with van der Waals surface area (Å²) in [6, 6.07) is 0.170. The van der Waals surface area contributed by atoms with Crippen molar-refractivity contribution in [1.29, 1.82) is 0 Å². The SMILES string of the molecule is CCCCCN(C(=O)c1sc(NC)nc1N)C(C)C. The Balaban J connectivity index is 2.83. The Hall–Kier alpha value is -1.30. The molecule has 0 spiro atoms. The summed E-state index contributed by atoms with van der Waals surface area (Å²) in [4.78, 5) is 19.1. The van der Waals surface area contributed by atoms with Crippen LogP contribution in [-0.2, 0) is 0 Å². The molecule has 0 aliphatic carbocycles. The number of nitrogens with zero attached hydrogens (tertiary/aromatic N) is 2. The minimum atomic E-state index is -0.0115.